The Kier molecular flexibility index (Phi) is 3.66. The molecule has 0 saturated heterocycles. The molecular formula is C11H9FIN3. The van der Waals surface area contributed by atoms with E-state index in [-0.39, 0.29) is 5.82 Å². The molecule has 0 saturated carbocycles. The van der Waals surface area contributed by atoms with E-state index < -0.39 is 0 Å². The summed E-state index contributed by atoms with van der Waals surface area (Å²) in [5, 5.41) is 3.16. The van der Waals surface area contributed by atoms with E-state index in [4.69, 9.17) is 0 Å². The number of rotatable bonds is 3. The van der Waals surface area contributed by atoms with Crippen LogP contribution in [0.25, 0.3) is 0 Å². The van der Waals surface area contributed by atoms with Crippen molar-refractivity contribution in [2.45, 2.75) is 6.54 Å². The summed E-state index contributed by atoms with van der Waals surface area (Å²) in [6.07, 6.45) is 3.39. The first-order chi connectivity index (χ1) is 7.75. The SMILES string of the molecule is Fc1ccc(NCc2ncccn2)c(I)c1. The molecule has 0 amide bonds. The molecule has 0 unspecified atom stereocenters. The van der Waals surface area contributed by atoms with Crippen LogP contribution in [0.2, 0.25) is 0 Å². The van der Waals surface area contributed by atoms with E-state index in [2.05, 4.69) is 37.9 Å². The maximum Gasteiger partial charge on any atom is 0.147 e. The average Bonchev–Trinajstić information content (AvgIpc) is 2.29. The molecule has 1 N–H and O–H groups in total. The topological polar surface area (TPSA) is 37.8 Å². The summed E-state index contributed by atoms with van der Waals surface area (Å²) in [5.41, 5.74) is 0.884. The molecule has 3 nitrogen and oxygen atoms in total. The molecule has 1 heterocycles. The van der Waals surface area contributed by atoms with Crippen molar-refractivity contribution in [1.29, 1.82) is 0 Å². The Morgan fingerprint density at radius 2 is 2.00 bits per heavy atom. The van der Waals surface area contributed by atoms with Gasteiger partial charge in [0, 0.05) is 21.7 Å². The second-order valence-corrected chi connectivity index (χ2v) is 4.30. The van der Waals surface area contributed by atoms with E-state index in [1.54, 1.807) is 24.5 Å². The first-order valence-electron chi connectivity index (χ1n) is 4.70. The quantitative estimate of drug-likeness (QED) is 0.880. The van der Waals surface area contributed by atoms with E-state index in [1.165, 1.54) is 12.1 Å². The van der Waals surface area contributed by atoms with Crippen LogP contribution in [0.3, 0.4) is 0 Å². The van der Waals surface area contributed by atoms with Crippen molar-refractivity contribution in [3.05, 3.63) is 51.9 Å². The fourth-order valence-electron chi connectivity index (χ4n) is 1.23. The molecule has 82 valence electrons. The highest BCUT2D eigenvalue weighted by atomic mass is 127. The molecule has 1 aromatic carbocycles. The van der Waals surface area contributed by atoms with Gasteiger partial charge in [0.25, 0.3) is 0 Å². The van der Waals surface area contributed by atoms with Gasteiger partial charge >= 0.3 is 0 Å². The van der Waals surface area contributed by atoms with Crippen LogP contribution in [0, 0.1) is 9.39 Å². The molecule has 5 heteroatoms. The van der Waals surface area contributed by atoms with Crippen molar-refractivity contribution in [1.82, 2.24) is 9.97 Å². The minimum atomic E-state index is -0.231. The van der Waals surface area contributed by atoms with Gasteiger partial charge in [-0.05, 0) is 46.9 Å². The Labute approximate surface area is 106 Å². The van der Waals surface area contributed by atoms with Gasteiger partial charge in [-0.2, -0.15) is 0 Å². The Morgan fingerprint density at radius 1 is 1.25 bits per heavy atom. The third-order valence-corrected chi connectivity index (χ3v) is 2.88. The maximum atomic E-state index is 12.9. The van der Waals surface area contributed by atoms with Crippen molar-refractivity contribution in [3.8, 4) is 0 Å². The highest BCUT2D eigenvalue weighted by Crippen LogP contribution is 2.19. The predicted octanol–water partition coefficient (Wildman–Crippen LogP) is 2.83. The minimum Gasteiger partial charge on any atom is -0.377 e. The lowest BCUT2D eigenvalue weighted by Crippen LogP contribution is -2.04. The lowest BCUT2D eigenvalue weighted by molar-refractivity contribution is 0.627. The van der Waals surface area contributed by atoms with Gasteiger partial charge in [-0.1, -0.05) is 0 Å². The number of anilines is 1. The molecule has 0 aliphatic carbocycles. The molecule has 2 rings (SSSR count). The van der Waals surface area contributed by atoms with Crippen LogP contribution in [0.15, 0.2) is 36.7 Å². The van der Waals surface area contributed by atoms with E-state index in [0.717, 1.165) is 9.26 Å². The van der Waals surface area contributed by atoms with Crippen LogP contribution >= 0.6 is 22.6 Å². The van der Waals surface area contributed by atoms with Crippen LogP contribution in [-0.4, -0.2) is 9.97 Å². The molecule has 0 aliphatic heterocycles. The van der Waals surface area contributed by atoms with E-state index in [9.17, 15) is 4.39 Å². The summed E-state index contributed by atoms with van der Waals surface area (Å²) in [5.74, 6) is 0.480. The maximum absolute atomic E-state index is 12.9. The molecule has 1 aromatic heterocycles. The van der Waals surface area contributed by atoms with E-state index >= 15 is 0 Å². The lowest BCUT2D eigenvalue weighted by atomic mass is 10.3. The third-order valence-electron chi connectivity index (χ3n) is 1.99. The number of halogens is 2. The lowest BCUT2D eigenvalue weighted by Gasteiger charge is -2.07. The van der Waals surface area contributed by atoms with E-state index in [1.807, 2.05) is 0 Å². The van der Waals surface area contributed by atoms with Crippen LogP contribution in [0.4, 0.5) is 10.1 Å². The number of hydrogen-bond donors (Lipinski definition) is 1. The second kappa shape index (κ2) is 5.20. The zero-order valence-electron chi connectivity index (χ0n) is 8.32. The number of nitrogens with zero attached hydrogens (tertiary/aromatic N) is 2. The largest absolute Gasteiger partial charge is 0.377 e. The van der Waals surface area contributed by atoms with Crippen molar-refractivity contribution in [2.24, 2.45) is 0 Å². The van der Waals surface area contributed by atoms with Gasteiger partial charge in [0.05, 0.1) is 6.54 Å². The molecule has 16 heavy (non-hydrogen) atoms. The Bertz CT molecular complexity index is 476. The summed E-state index contributed by atoms with van der Waals surface area (Å²) >= 11 is 2.09. The van der Waals surface area contributed by atoms with E-state index in [0.29, 0.717) is 12.4 Å². The first kappa shape index (κ1) is 11.3. The first-order valence-corrected chi connectivity index (χ1v) is 5.78. The molecule has 0 aliphatic rings. The second-order valence-electron chi connectivity index (χ2n) is 3.14. The van der Waals surface area contributed by atoms with Crippen molar-refractivity contribution >= 4 is 28.3 Å². The summed E-state index contributed by atoms with van der Waals surface area (Å²) in [4.78, 5) is 8.18. The third kappa shape index (κ3) is 2.88. The average molecular weight is 329 g/mol. The predicted molar refractivity (Wildman–Crippen MR) is 68.5 cm³/mol. The van der Waals surface area contributed by atoms with Crippen molar-refractivity contribution in [3.63, 3.8) is 0 Å². The van der Waals surface area contributed by atoms with Crippen LogP contribution in [-0.2, 0) is 6.54 Å². The van der Waals surface area contributed by atoms with Gasteiger partial charge in [0.2, 0.25) is 0 Å². The Balaban J connectivity index is 2.05. The number of nitrogens with one attached hydrogen (secondary N) is 1. The Hall–Kier alpha value is -1.24. The molecule has 0 bridgehead atoms. The Morgan fingerprint density at radius 3 is 2.69 bits per heavy atom. The fourth-order valence-corrected chi connectivity index (χ4v) is 1.90. The van der Waals surface area contributed by atoms with Crippen LogP contribution < -0.4 is 5.32 Å². The normalized spacial score (nSPS) is 10.1. The standard InChI is InChI=1S/C11H9FIN3/c12-8-2-3-10(9(13)6-8)16-7-11-14-4-1-5-15-11/h1-6,16H,7H2. The summed E-state index contributed by atoms with van der Waals surface area (Å²) in [6.45, 7) is 0.530. The fraction of sp³-hybridized carbons (Fsp3) is 0.0909. The monoisotopic (exact) mass is 329 g/mol. The molecule has 0 radical (unpaired) electrons. The summed E-state index contributed by atoms with van der Waals surface area (Å²) < 4.78 is 13.7. The van der Waals surface area contributed by atoms with Gasteiger partial charge in [-0.25, -0.2) is 14.4 Å². The number of hydrogen-bond acceptors (Lipinski definition) is 3. The zero-order chi connectivity index (χ0) is 11.4. The van der Waals surface area contributed by atoms with Gasteiger partial charge in [0.15, 0.2) is 0 Å². The van der Waals surface area contributed by atoms with Crippen molar-refractivity contribution in [2.75, 3.05) is 5.32 Å². The minimum absolute atomic E-state index is 0.231. The van der Waals surface area contributed by atoms with Gasteiger partial charge in [-0.3, -0.25) is 0 Å². The molecule has 0 atom stereocenters. The van der Waals surface area contributed by atoms with Crippen molar-refractivity contribution < 1.29 is 4.39 Å². The number of benzene rings is 1. The van der Waals surface area contributed by atoms with Crippen LogP contribution in [0.5, 0.6) is 0 Å². The van der Waals surface area contributed by atoms with Gasteiger partial charge in [-0.15, -0.1) is 0 Å². The van der Waals surface area contributed by atoms with Crippen LogP contribution in [0.1, 0.15) is 5.82 Å². The molecular weight excluding hydrogens is 320 g/mol. The number of aromatic nitrogens is 2. The molecule has 0 fully saturated rings. The highest BCUT2D eigenvalue weighted by Gasteiger charge is 2.01. The van der Waals surface area contributed by atoms with Gasteiger partial charge in [0.1, 0.15) is 11.6 Å². The van der Waals surface area contributed by atoms with Gasteiger partial charge < -0.3 is 5.32 Å². The summed E-state index contributed by atoms with van der Waals surface area (Å²) in [6, 6.07) is 6.39. The molecule has 0 spiro atoms. The summed E-state index contributed by atoms with van der Waals surface area (Å²) in [7, 11) is 0. The zero-order valence-corrected chi connectivity index (χ0v) is 10.5. The molecule has 2 aromatic rings. The smallest absolute Gasteiger partial charge is 0.147 e. The highest BCUT2D eigenvalue weighted by molar-refractivity contribution is 14.1.